The average Bonchev–Trinajstić information content (AvgIpc) is 3.11. The van der Waals surface area contributed by atoms with Crippen molar-refractivity contribution in [1.29, 1.82) is 0 Å². The Morgan fingerprint density at radius 1 is 1.43 bits per heavy atom. The predicted octanol–water partition coefficient (Wildman–Crippen LogP) is 2.22. The highest BCUT2D eigenvalue weighted by Crippen LogP contribution is 2.20. The van der Waals surface area contributed by atoms with Crippen LogP contribution in [-0.4, -0.2) is 32.2 Å². The van der Waals surface area contributed by atoms with E-state index in [9.17, 15) is 4.79 Å². The predicted molar refractivity (Wildman–Crippen MR) is 76.3 cm³/mol. The molecule has 0 spiro atoms. The number of carboxylic acids is 1. The molecule has 7 heteroatoms. The first-order chi connectivity index (χ1) is 10.2. The van der Waals surface area contributed by atoms with E-state index in [-0.39, 0.29) is 5.56 Å². The smallest absolute Gasteiger partial charge is 0.335 e. The van der Waals surface area contributed by atoms with Crippen molar-refractivity contribution in [2.45, 2.75) is 13.0 Å². The van der Waals surface area contributed by atoms with E-state index >= 15 is 0 Å². The van der Waals surface area contributed by atoms with Crippen LogP contribution in [0.3, 0.4) is 0 Å². The summed E-state index contributed by atoms with van der Waals surface area (Å²) in [5, 5.41) is 12.0. The average molecular weight is 286 g/mol. The lowest BCUT2D eigenvalue weighted by molar-refractivity contribution is 0.0697. The van der Waals surface area contributed by atoms with Crippen LogP contribution in [-0.2, 0) is 6.54 Å². The maximum Gasteiger partial charge on any atom is 0.335 e. The number of anilines is 1. The van der Waals surface area contributed by atoms with Gasteiger partial charge in [-0.25, -0.2) is 9.78 Å². The monoisotopic (exact) mass is 286 g/mol. The lowest BCUT2D eigenvalue weighted by Crippen LogP contribution is -2.05. The molecule has 2 heterocycles. The van der Waals surface area contributed by atoms with Crippen LogP contribution in [0.25, 0.3) is 11.1 Å². The largest absolute Gasteiger partial charge is 0.478 e. The number of carboxylic acid groups (broad SMARTS) is 1. The molecular weight excluding hydrogens is 272 g/mol. The van der Waals surface area contributed by atoms with Gasteiger partial charge in [0.2, 0.25) is 0 Å². The van der Waals surface area contributed by atoms with Crippen molar-refractivity contribution in [1.82, 2.24) is 14.5 Å². The van der Waals surface area contributed by atoms with E-state index < -0.39 is 5.97 Å². The number of nitrogens with zero attached hydrogens (tertiary/aromatic N) is 3. The molecule has 0 saturated carbocycles. The Bertz CT molecular complexity index is 749. The third kappa shape index (κ3) is 3.02. The molecule has 108 valence electrons. The summed E-state index contributed by atoms with van der Waals surface area (Å²) in [6, 6.07) is 5.02. The number of hydrogen-bond acceptors (Lipinski definition) is 5. The molecule has 0 radical (unpaired) electrons. The summed E-state index contributed by atoms with van der Waals surface area (Å²) in [5.41, 5.74) is 1.29. The standard InChI is InChI=1S/C14H14N4O3/c19-13(20)10-2-3-11-12(8-10)21-14(17-11)16-4-1-6-18-7-5-15-9-18/h2-3,5,7-9H,1,4,6H2,(H,16,17)(H,19,20). The van der Waals surface area contributed by atoms with Crippen LogP contribution in [0.2, 0.25) is 0 Å². The fraction of sp³-hybridized carbons (Fsp3) is 0.214. The third-order valence-electron chi connectivity index (χ3n) is 3.06. The summed E-state index contributed by atoms with van der Waals surface area (Å²) in [6.07, 6.45) is 6.32. The fourth-order valence-corrected chi connectivity index (χ4v) is 2.01. The van der Waals surface area contributed by atoms with Gasteiger partial charge >= 0.3 is 5.97 Å². The number of hydrogen-bond donors (Lipinski definition) is 2. The zero-order chi connectivity index (χ0) is 14.7. The number of aromatic nitrogens is 3. The van der Waals surface area contributed by atoms with Gasteiger partial charge in [0.25, 0.3) is 6.01 Å². The van der Waals surface area contributed by atoms with Gasteiger partial charge in [0, 0.05) is 25.5 Å². The first-order valence-electron chi connectivity index (χ1n) is 6.56. The molecule has 0 bridgehead atoms. The Morgan fingerprint density at radius 2 is 2.33 bits per heavy atom. The van der Waals surface area contributed by atoms with Crippen molar-refractivity contribution in [2.24, 2.45) is 0 Å². The van der Waals surface area contributed by atoms with Crippen LogP contribution in [0.15, 0.2) is 41.3 Å². The van der Waals surface area contributed by atoms with Crippen LogP contribution >= 0.6 is 0 Å². The first-order valence-corrected chi connectivity index (χ1v) is 6.56. The molecular formula is C14H14N4O3. The highest BCUT2D eigenvalue weighted by molar-refractivity contribution is 5.92. The van der Waals surface area contributed by atoms with E-state index in [2.05, 4.69) is 15.3 Å². The normalized spacial score (nSPS) is 10.9. The molecule has 2 N–H and O–H groups in total. The van der Waals surface area contributed by atoms with Gasteiger partial charge in [-0.05, 0) is 24.6 Å². The minimum atomic E-state index is -0.983. The Kier molecular flexibility index (Phi) is 3.55. The number of aryl methyl sites for hydroxylation is 1. The third-order valence-corrected chi connectivity index (χ3v) is 3.06. The Labute approximate surface area is 120 Å². The van der Waals surface area contributed by atoms with Crippen molar-refractivity contribution in [3.8, 4) is 0 Å². The van der Waals surface area contributed by atoms with E-state index in [1.165, 1.54) is 12.1 Å². The lowest BCUT2D eigenvalue weighted by atomic mass is 10.2. The van der Waals surface area contributed by atoms with E-state index in [0.29, 0.717) is 23.7 Å². The molecule has 21 heavy (non-hydrogen) atoms. The Balaban J connectivity index is 1.60. The van der Waals surface area contributed by atoms with Gasteiger partial charge in [0.1, 0.15) is 5.52 Å². The molecule has 0 atom stereocenters. The molecule has 3 rings (SSSR count). The maximum absolute atomic E-state index is 10.9. The van der Waals surface area contributed by atoms with Gasteiger partial charge in [-0.3, -0.25) is 0 Å². The molecule has 3 aromatic rings. The minimum Gasteiger partial charge on any atom is -0.478 e. The van der Waals surface area contributed by atoms with Crippen LogP contribution in [0.1, 0.15) is 16.8 Å². The highest BCUT2D eigenvalue weighted by Gasteiger charge is 2.09. The summed E-state index contributed by atoms with van der Waals surface area (Å²) in [4.78, 5) is 19.1. The number of oxazole rings is 1. The molecule has 2 aromatic heterocycles. The van der Waals surface area contributed by atoms with Crippen LogP contribution in [0.4, 0.5) is 6.01 Å². The Morgan fingerprint density at radius 3 is 3.10 bits per heavy atom. The van der Waals surface area contributed by atoms with Crippen LogP contribution < -0.4 is 5.32 Å². The first kappa shape index (κ1) is 13.2. The molecule has 0 amide bonds. The summed E-state index contributed by atoms with van der Waals surface area (Å²) >= 11 is 0. The van der Waals surface area contributed by atoms with Gasteiger partial charge in [-0.1, -0.05) is 0 Å². The number of benzene rings is 1. The van der Waals surface area contributed by atoms with Gasteiger partial charge < -0.3 is 19.4 Å². The lowest BCUT2D eigenvalue weighted by Gasteiger charge is -2.02. The Hall–Kier alpha value is -2.83. The topological polar surface area (TPSA) is 93.2 Å². The van der Waals surface area contributed by atoms with Crippen LogP contribution in [0.5, 0.6) is 0 Å². The fourth-order valence-electron chi connectivity index (χ4n) is 2.01. The SMILES string of the molecule is O=C(O)c1ccc2nc(NCCCn3ccnc3)oc2c1. The summed E-state index contributed by atoms with van der Waals surface area (Å²) in [5.74, 6) is -0.983. The number of rotatable bonds is 6. The molecule has 0 aliphatic carbocycles. The van der Waals surface area contributed by atoms with E-state index in [1.807, 2.05) is 10.8 Å². The van der Waals surface area contributed by atoms with E-state index in [4.69, 9.17) is 9.52 Å². The second kappa shape index (κ2) is 5.66. The quantitative estimate of drug-likeness (QED) is 0.675. The number of fused-ring (bicyclic) bond motifs is 1. The number of aromatic carboxylic acids is 1. The second-order valence-corrected chi connectivity index (χ2v) is 4.59. The van der Waals surface area contributed by atoms with Gasteiger partial charge in [0.05, 0.1) is 11.9 Å². The molecule has 0 saturated heterocycles. The zero-order valence-corrected chi connectivity index (χ0v) is 11.2. The van der Waals surface area contributed by atoms with Crippen molar-refractivity contribution < 1.29 is 14.3 Å². The highest BCUT2D eigenvalue weighted by atomic mass is 16.4. The van der Waals surface area contributed by atoms with Crippen LogP contribution in [0, 0.1) is 0 Å². The van der Waals surface area contributed by atoms with Gasteiger partial charge in [0.15, 0.2) is 5.58 Å². The van der Waals surface area contributed by atoms with Crippen molar-refractivity contribution in [2.75, 3.05) is 11.9 Å². The minimum absolute atomic E-state index is 0.185. The molecule has 0 unspecified atom stereocenters. The molecule has 1 aromatic carbocycles. The molecule has 0 aliphatic heterocycles. The summed E-state index contributed by atoms with van der Waals surface area (Å²) < 4.78 is 7.48. The zero-order valence-electron chi connectivity index (χ0n) is 11.2. The van der Waals surface area contributed by atoms with E-state index in [1.54, 1.807) is 18.6 Å². The van der Waals surface area contributed by atoms with Gasteiger partial charge in [-0.15, -0.1) is 0 Å². The van der Waals surface area contributed by atoms with Crippen molar-refractivity contribution in [3.63, 3.8) is 0 Å². The molecule has 0 fully saturated rings. The molecule has 7 nitrogen and oxygen atoms in total. The van der Waals surface area contributed by atoms with Crippen molar-refractivity contribution in [3.05, 3.63) is 42.5 Å². The number of nitrogens with one attached hydrogen (secondary N) is 1. The molecule has 0 aliphatic rings. The van der Waals surface area contributed by atoms with Gasteiger partial charge in [-0.2, -0.15) is 4.98 Å². The summed E-state index contributed by atoms with van der Waals surface area (Å²) in [6.45, 7) is 1.56. The second-order valence-electron chi connectivity index (χ2n) is 4.59. The summed E-state index contributed by atoms with van der Waals surface area (Å²) in [7, 11) is 0. The maximum atomic E-state index is 10.9. The van der Waals surface area contributed by atoms with E-state index in [0.717, 1.165) is 13.0 Å². The van der Waals surface area contributed by atoms with Crippen molar-refractivity contribution >= 4 is 23.1 Å². The number of carbonyl (C=O) groups is 1. The number of imidazole rings is 1.